The molecule has 4 rings (SSSR count). The van der Waals surface area contributed by atoms with E-state index in [0.29, 0.717) is 24.8 Å². The monoisotopic (exact) mass is 351 g/mol. The SMILES string of the molecule is COc1ccc(OC)c2c1CN(c1nc(C)c3ccccc3n1)CC2O. The van der Waals surface area contributed by atoms with E-state index < -0.39 is 6.10 Å². The van der Waals surface area contributed by atoms with Gasteiger partial charge in [0.25, 0.3) is 0 Å². The first-order chi connectivity index (χ1) is 12.6. The van der Waals surface area contributed by atoms with Crippen LogP contribution in [0.3, 0.4) is 0 Å². The Balaban J connectivity index is 1.80. The summed E-state index contributed by atoms with van der Waals surface area (Å²) in [7, 11) is 3.24. The number of hydrogen-bond acceptors (Lipinski definition) is 6. The van der Waals surface area contributed by atoms with Gasteiger partial charge in [0, 0.05) is 16.5 Å². The summed E-state index contributed by atoms with van der Waals surface area (Å²) in [5.74, 6) is 2.00. The van der Waals surface area contributed by atoms with Crippen molar-refractivity contribution in [3.05, 3.63) is 53.2 Å². The molecule has 1 N–H and O–H groups in total. The fraction of sp³-hybridized carbons (Fsp3) is 0.300. The summed E-state index contributed by atoms with van der Waals surface area (Å²) in [5, 5.41) is 11.8. The first kappa shape index (κ1) is 16.6. The van der Waals surface area contributed by atoms with Gasteiger partial charge in [-0.1, -0.05) is 18.2 Å². The summed E-state index contributed by atoms with van der Waals surface area (Å²) in [6, 6.07) is 11.6. The van der Waals surface area contributed by atoms with Crippen molar-refractivity contribution in [3.8, 4) is 11.5 Å². The predicted molar refractivity (Wildman–Crippen MR) is 99.8 cm³/mol. The van der Waals surface area contributed by atoms with Crippen LogP contribution in [0.2, 0.25) is 0 Å². The van der Waals surface area contributed by atoms with Gasteiger partial charge in [-0.05, 0) is 25.1 Å². The van der Waals surface area contributed by atoms with E-state index >= 15 is 0 Å². The van der Waals surface area contributed by atoms with Crippen LogP contribution in [0.5, 0.6) is 11.5 Å². The molecule has 0 bridgehead atoms. The highest BCUT2D eigenvalue weighted by molar-refractivity contribution is 5.81. The lowest BCUT2D eigenvalue weighted by Gasteiger charge is -2.34. The highest BCUT2D eigenvalue weighted by atomic mass is 16.5. The second-order valence-corrected chi connectivity index (χ2v) is 6.38. The summed E-state index contributed by atoms with van der Waals surface area (Å²) < 4.78 is 10.9. The third-order valence-electron chi connectivity index (χ3n) is 4.85. The van der Waals surface area contributed by atoms with Crippen molar-refractivity contribution in [1.82, 2.24) is 9.97 Å². The number of rotatable bonds is 3. The summed E-state index contributed by atoms with van der Waals surface area (Å²) in [6.07, 6.45) is -0.709. The van der Waals surface area contributed by atoms with Gasteiger partial charge in [0.1, 0.15) is 17.6 Å². The molecule has 0 saturated carbocycles. The van der Waals surface area contributed by atoms with Crippen molar-refractivity contribution in [2.75, 3.05) is 25.7 Å². The van der Waals surface area contributed by atoms with Gasteiger partial charge in [0.15, 0.2) is 0 Å². The van der Waals surface area contributed by atoms with E-state index in [2.05, 4.69) is 4.98 Å². The van der Waals surface area contributed by atoms with E-state index in [1.54, 1.807) is 14.2 Å². The molecule has 0 fully saturated rings. The molecule has 26 heavy (non-hydrogen) atoms. The van der Waals surface area contributed by atoms with Crippen LogP contribution in [0, 0.1) is 6.92 Å². The number of aliphatic hydroxyl groups is 1. The quantitative estimate of drug-likeness (QED) is 0.782. The van der Waals surface area contributed by atoms with Gasteiger partial charge in [-0.3, -0.25) is 0 Å². The van der Waals surface area contributed by atoms with Gasteiger partial charge in [0.05, 0.1) is 38.5 Å². The van der Waals surface area contributed by atoms with E-state index in [-0.39, 0.29) is 0 Å². The largest absolute Gasteiger partial charge is 0.496 e. The van der Waals surface area contributed by atoms with Crippen LogP contribution in [0.4, 0.5) is 5.95 Å². The molecule has 2 aromatic carbocycles. The number of benzene rings is 2. The summed E-state index contributed by atoms with van der Waals surface area (Å²) in [5.41, 5.74) is 3.50. The zero-order chi connectivity index (χ0) is 18.3. The topological polar surface area (TPSA) is 67.7 Å². The molecule has 1 aliphatic heterocycles. The fourth-order valence-corrected chi connectivity index (χ4v) is 3.59. The van der Waals surface area contributed by atoms with Crippen LogP contribution in [0.25, 0.3) is 10.9 Å². The molecule has 0 amide bonds. The number of β-amino-alcohol motifs (C(OH)–C–C–N with tert-alkyl or cyclic N) is 1. The van der Waals surface area contributed by atoms with Gasteiger partial charge in [0.2, 0.25) is 5.95 Å². The van der Waals surface area contributed by atoms with E-state index in [4.69, 9.17) is 14.5 Å². The number of para-hydroxylation sites is 1. The first-order valence-corrected chi connectivity index (χ1v) is 8.52. The Morgan fingerprint density at radius 2 is 1.77 bits per heavy atom. The zero-order valence-corrected chi connectivity index (χ0v) is 15.1. The van der Waals surface area contributed by atoms with Gasteiger partial charge in [-0.15, -0.1) is 0 Å². The van der Waals surface area contributed by atoms with Gasteiger partial charge in [-0.25, -0.2) is 9.97 Å². The molecule has 134 valence electrons. The number of aromatic nitrogens is 2. The minimum atomic E-state index is -0.709. The van der Waals surface area contributed by atoms with Crippen molar-refractivity contribution >= 4 is 16.9 Å². The minimum Gasteiger partial charge on any atom is -0.496 e. The second kappa shape index (κ2) is 6.46. The summed E-state index contributed by atoms with van der Waals surface area (Å²) in [6.45, 7) is 2.92. The molecule has 1 aromatic heterocycles. The number of methoxy groups -OCH3 is 2. The van der Waals surface area contributed by atoms with E-state index in [9.17, 15) is 5.11 Å². The number of fused-ring (bicyclic) bond motifs is 2. The highest BCUT2D eigenvalue weighted by Crippen LogP contribution is 2.40. The van der Waals surface area contributed by atoms with Crippen LogP contribution in [-0.2, 0) is 6.54 Å². The van der Waals surface area contributed by atoms with Crippen molar-refractivity contribution < 1.29 is 14.6 Å². The average Bonchev–Trinajstić information content (AvgIpc) is 2.67. The van der Waals surface area contributed by atoms with Gasteiger partial charge >= 0.3 is 0 Å². The van der Waals surface area contributed by atoms with Gasteiger partial charge in [-0.2, -0.15) is 0 Å². The van der Waals surface area contributed by atoms with E-state index in [0.717, 1.165) is 33.5 Å². The summed E-state index contributed by atoms with van der Waals surface area (Å²) >= 11 is 0. The predicted octanol–water partition coefficient (Wildman–Crippen LogP) is 3.01. The molecular formula is C20H21N3O3. The molecule has 0 spiro atoms. The molecule has 3 aromatic rings. The Hall–Kier alpha value is -2.86. The van der Waals surface area contributed by atoms with Crippen LogP contribution >= 0.6 is 0 Å². The maximum atomic E-state index is 10.8. The molecule has 1 atom stereocenters. The Morgan fingerprint density at radius 1 is 1.04 bits per heavy atom. The van der Waals surface area contributed by atoms with Crippen molar-refractivity contribution in [2.24, 2.45) is 0 Å². The number of anilines is 1. The first-order valence-electron chi connectivity index (χ1n) is 8.52. The highest BCUT2D eigenvalue weighted by Gasteiger charge is 2.31. The van der Waals surface area contributed by atoms with Crippen molar-refractivity contribution in [2.45, 2.75) is 19.6 Å². The van der Waals surface area contributed by atoms with E-state index in [1.807, 2.05) is 48.2 Å². The number of aliphatic hydroxyl groups excluding tert-OH is 1. The van der Waals surface area contributed by atoms with Gasteiger partial charge < -0.3 is 19.5 Å². The standard InChI is InChI=1S/C20H21N3O3/c1-12-13-6-4-5-7-15(13)22-20(21-12)23-10-14-17(25-2)8-9-18(26-3)19(14)16(24)11-23/h4-9,16,24H,10-11H2,1-3H3. The Morgan fingerprint density at radius 3 is 2.54 bits per heavy atom. The molecule has 0 radical (unpaired) electrons. The lowest BCUT2D eigenvalue weighted by Crippen LogP contribution is -2.35. The number of nitrogens with zero attached hydrogens (tertiary/aromatic N) is 3. The maximum Gasteiger partial charge on any atom is 0.226 e. The minimum absolute atomic E-state index is 0.397. The molecule has 6 heteroatoms. The molecule has 2 heterocycles. The number of aryl methyl sites for hydroxylation is 1. The fourth-order valence-electron chi connectivity index (χ4n) is 3.59. The Labute approximate surface area is 152 Å². The second-order valence-electron chi connectivity index (χ2n) is 6.38. The smallest absolute Gasteiger partial charge is 0.226 e. The lowest BCUT2D eigenvalue weighted by molar-refractivity contribution is 0.169. The van der Waals surface area contributed by atoms with Crippen LogP contribution in [0.1, 0.15) is 22.9 Å². The van der Waals surface area contributed by atoms with Crippen molar-refractivity contribution in [3.63, 3.8) is 0 Å². The molecule has 1 aliphatic rings. The third kappa shape index (κ3) is 2.63. The normalized spacial score (nSPS) is 16.5. The molecule has 0 aliphatic carbocycles. The molecular weight excluding hydrogens is 330 g/mol. The lowest BCUT2D eigenvalue weighted by atomic mass is 9.95. The summed E-state index contributed by atoms with van der Waals surface area (Å²) in [4.78, 5) is 11.3. The Bertz CT molecular complexity index is 974. The Kier molecular flexibility index (Phi) is 4.12. The van der Waals surface area contributed by atoms with Crippen molar-refractivity contribution in [1.29, 1.82) is 0 Å². The van der Waals surface area contributed by atoms with Crippen LogP contribution in [-0.4, -0.2) is 35.8 Å². The zero-order valence-electron chi connectivity index (χ0n) is 15.1. The maximum absolute atomic E-state index is 10.8. The molecule has 0 saturated heterocycles. The van der Waals surface area contributed by atoms with Crippen LogP contribution in [0.15, 0.2) is 36.4 Å². The third-order valence-corrected chi connectivity index (χ3v) is 4.85. The van der Waals surface area contributed by atoms with Crippen LogP contribution < -0.4 is 14.4 Å². The average molecular weight is 351 g/mol. The number of hydrogen-bond donors (Lipinski definition) is 1. The van der Waals surface area contributed by atoms with E-state index in [1.165, 1.54) is 0 Å². The molecule has 6 nitrogen and oxygen atoms in total. The molecule has 1 unspecified atom stereocenters. The number of ether oxygens (including phenoxy) is 2.